The molecule has 3 aromatic rings. The highest BCUT2D eigenvalue weighted by molar-refractivity contribution is 6.20. The minimum absolute atomic E-state index is 0.197. The van der Waals surface area contributed by atoms with Crippen LogP contribution in [0.2, 0.25) is 0 Å². The van der Waals surface area contributed by atoms with Crippen LogP contribution in [0.5, 0.6) is 5.75 Å². The van der Waals surface area contributed by atoms with Crippen LogP contribution in [-0.4, -0.2) is 77.4 Å². The predicted octanol–water partition coefficient (Wildman–Crippen LogP) is 4.26. The summed E-state index contributed by atoms with van der Waals surface area (Å²) in [6, 6.07) is 13.9. The number of ether oxygens (including phenoxy) is 3. The van der Waals surface area contributed by atoms with Gasteiger partial charge in [-0.25, -0.2) is 19.0 Å². The summed E-state index contributed by atoms with van der Waals surface area (Å²) in [6.45, 7) is 12.4. The van der Waals surface area contributed by atoms with Crippen LogP contribution in [0, 0.1) is 5.92 Å². The minimum Gasteiger partial charge on any atom is -0.490 e. The van der Waals surface area contributed by atoms with E-state index in [2.05, 4.69) is 5.32 Å². The Balaban J connectivity index is 1.22. The molecule has 1 N–H and O–H groups in total. The smallest absolute Gasteiger partial charge is 0.410 e. The topological polar surface area (TPSA) is 128 Å². The molecule has 0 spiro atoms. The molecule has 1 atom stereocenters. The Hall–Kier alpha value is -4.71. The Bertz CT molecular complexity index is 1630. The number of aromatic nitrogens is 1. The number of carbonyl (C=O) groups excluding carboxylic acids is 4. The molecule has 0 aliphatic carbocycles. The number of imide groups is 1. The zero-order valence-electron chi connectivity index (χ0n) is 27.3. The Morgan fingerprint density at radius 1 is 0.913 bits per heavy atom. The van der Waals surface area contributed by atoms with E-state index in [1.807, 2.05) is 56.8 Å². The van der Waals surface area contributed by atoms with Gasteiger partial charge in [-0.05, 0) is 71.2 Å². The molecule has 0 unspecified atom stereocenters. The van der Waals surface area contributed by atoms with Crippen molar-refractivity contribution < 1.29 is 42.8 Å². The second-order valence-corrected chi connectivity index (χ2v) is 13.6. The number of nitrogens with zero attached hydrogens (tertiary/aromatic N) is 3. The zero-order valence-corrected chi connectivity index (χ0v) is 27.3. The number of rotatable bonds is 9. The fourth-order valence-electron chi connectivity index (χ4n) is 5.08. The molecular formula is C34H41N4O8+. The van der Waals surface area contributed by atoms with E-state index in [9.17, 15) is 19.2 Å². The van der Waals surface area contributed by atoms with Crippen molar-refractivity contribution in [2.45, 2.75) is 58.8 Å². The molecule has 0 bridgehead atoms. The summed E-state index contributed by atoms with van der Waals surface area (Å²) in [7, 11) is 1.93. The van der Waals surface area contributed by atoms with E-state index in [0.717, 1.165) is 16.6 Å². The van der Waals surface area contributed by atoms with Crippen LogP contribution >= 0.6 is 0 Å². The van der Waals surface area contributed by atoms with E-state index in [-0.39, 0.29) is 23.8 Å². The van der Waals surface area contributed by atoms with E-state index in [1.165, 1.54) is 12.1 Å². The molecule has 2 aromatic carbocycles. The number of hydrogen-bond acceptors (Lipinski definition) is 9. The molecule has 244 valence electrons. The van der Waals surface area contributed by atoms with Gasteiger partial charge in [-0.1, -0.05) is 18.2 Å². The molecule has 1 saturated heterocycles. The summed E-state index contributed by atoms with van der Waals surface area (Å²) < 4.78 is 18.9. The Kier molecular flexibility index (Phi) is 8.94. The summed E-state index contributed by atoms with van der Waals surface area (Å²) in [5, 5.41) is 5.92. The number of esters is 1. The van der Waals surface area contributed by atoms with E-state index in [4.69, 9.17) is 19.0 Å². The van der Waals surface area contributed by atoms with Gasteiger partial charge in [0.25, 0.3) is 17.6 Å². The molecule has 0 radical (unpaired) electrons. The summed E-state index contributed by atoms with van der Waals surface area (Å²) in [5.41, 5.74) is -0.953. The second-order valence-electron chi connectivity index (χ2n) is 13.6. The largest absolute Gasteiger partial charge is 0.490 e. The number of benzene rings is 2. The van der Waals surface area contributed by atoms with Gasteiger partial charge in [-0.15, -0.1) is 5.06 Å². The third-order valence-electron chi connectivity index (χ3n) is 7.30. The molecule has 2 aliphatic heterocycles. The molecule has 3 heterocycles. The number of aryl methyl sites for hydroxylation is 1. The maximum absolute atomic E-state index is 13.1. The minimum atomic E-state index is -1.39. The number of carbonyl (C=O) groups is 4. The average Bonchev–Trinajstić information content (AvgIpc) is 3.17. The number of likely N-dealkylation sites (tertiary alicyclic amines) is 1. The monoisotopic (exact) mass is 633 g/mol. The Morgan fingerprint density at radius 3 is 2.15 bits per heavy atom. The first-order valence-electron chi connectivity index (χ1n) is 15.2. The van der Waals surface area contributed by atoms with Crippen molar-refractivity contribution in [3.63, 3.8) is 0 Å². The van der Waals surface area contributed by atoms with E-state index >= 15 is 0 Å². The lowest BCUT2D eigenvalue weighted by Gasteiger charge is -2.38. The van der Waals surface area contributed by atoms with Crippen LogP contribution in [0.3, 0.4) is 0 Å². The SMILES string of the molecule is C[n+]1cc2cc(OC[C@H](ON3C(=O)c4ccccc4C3=O)C(=O)OC(C)(C)C)ccc2cc1NCC1CN(C(=O)OC(C)(C)C)C1. The van der Waals surface area contributed by atoms with Crippen molar-refractivity contribution >= 4 is 40.5 Å². The van der Waals surface area contributed by atoms with E-state index in [1.54, 1.807) is 43.9 Å². The van der Waals surface area contributed by atoms with Crippen LogP contribution < -0.4 is 14.6 Å². The van der Waals surface area contributed by atoms with Crippen molar-refractivity contribution in [1.29, 1.82) is 0 Å². The quantitative estimate of drug-likeness (QED) is 0.209. The van der Waals surface area contributed by atoms with Gasteiger partial charge in [0.15, 0.2) is 0 Å². The summed E-state index contributed by atoms with van der Waals surface area (Å²) in [5.74, 6) is -0.392. The fourth-order valence-corrected chi connectivity index (χ4v) is 5.08. The number of hydrogen-bond donors (Lipinski definition) is 1. The van der Waals surface area contributed by atoms with Gasteiger partial charge in [0.1, 0.15) is 23.6 Å². The van der Waals surface area contributed by atoms with Gasteiger partial charge in [0, 0.05) is 30.5 Å². The number of amides is 3. The molecule has 3 amide bonds. The average molecular weight is 634 g/mol. The third-order valence-corrected chi connectivity index (χ3v) is 7.30. The Labute approximate surface area is 268 Å². The maximum Gasteiger partial charge on any atom is 0.410 e. The first kappa shape index (κ1) is 32.7. The highest BCUT2D eigenvalue weighted by atomic mass is 16.7. The van der Waals surface area contributed by atoms with E-state index < -0.39 is 35.1 Å². The lowest BCUT2D eigenvalue weighted by atomic mass is 10.0. The van der Waals surface area contributed by atoms with Crippen molar-refractivity contribution in [1.82, 2.24) is 9.96 Å². The first-order chi connectivity index (χ1) is 21.6. The number of pyridine rings is 1. The van der Waals surface area contributed by atoms with Gasteiger partial charge in [-0.3, -0.25) is 14.9 Å². The van der Waals surface area contributed by atoms with Crippen molar-refractivity contribution in [3.05, 3.63) is 65.9 Å². The molecule has 12 nitrogen and oxygen atoms in total. The van der Waals surface area contributed by atoms with Gasteiger partial charge in [-0.2, -0.15) is 0 Å². The molecule has 1 aromatic heterocycles. The fraction of sp³-hybridized carbons (Fsp3) is 0.441. The lowest BCUT2D eigenvalue weighted by molar-refractivity contribution is -0.655. The van der Waals surface area contributed by atoms with Gasteiger partial charge < -0.3 is 19.1 Å². The third kappa shape index (κ3) is 7.56. The molecule has 2 aliphatic rings. The van der Waals surface area contributed by atoms with Gasteiger partial charge >= 0.3 is 12.1 Å². The van der Waals surface area contributed by atoms with Crippen LogP contribution in [-0.2, 0) is 26.2 Å². The summed E-state index contributed by atoms with van der Waals surface area (Å²) in [6.07, 6.45) is 0.280. The zero-order chi connectivity index (χ0) is 33.4. The second kappa shape index (κ2) is 12.6. The standard InChI is InChI=1S/C34H40N4O8/c1-33(2,3)44-31(41)27(46-38-29(39)25-10-8-9-11-26(25)30(38)40)20-43-24-13-12-22-15-28(36(7)19-23(22)14-24)35-16-21-17-37(18-21)32(42)45-34(4,5)6/h8-15,19,21,27H,16-18,20H2,1-7H3/p+1/t27-/m0/s1. The summed E-state index contributed by atoms with van der Waals surface area (Å²) >= 11 is 0. The Morgan fingerprint density at radius 2 is 1.54 bits per heavy atom. The number of fused-ring (bicyclic) bond motifs is 2. The van der Waals surface area contributed by atoms with E-state index in [0.29, 0.717) is 36.4 Å². The highest BCUT2D eigenvalue weighted by Crippen LogP contribution is 2.26. The van der Waals surface area contributed by atoms with Crippen molar-refractivity contribution in [2.24, 2.45) is 13.0 Å². The van der Waals surface area contributed by atoms with Crippen LogP contribution in [0.1, 0.15) is 62.3 Å². The molecule has 46 heavy (non-hydrogen) atoms. The molecule has 12 heteroatoms. The number of nitrogens with one attached hydrogen (secondary N) is 1. The molecule has 1 fully saturated rings. The van der Waals surface area contributed by atoms with Crippen LogP contribution in [0.4, 0.5) is 10.6 Å². The van der Waals surface area contributed by atoms with Gasteiger partial charge in [0.05, 0.1) is 30.9 Å². The molecular weight excluding hydrogens is 592 g/mol. The molecule has 5 rings (SSSR count). The highest BCUT2D eigenvalue weighted by Gasteiger charge is 2.41. The maximum atomic E-state index is 13.1. The van der Waals surface area contributed by atoms with Crippen LogP contribution in [0.15, 0.2) is 54.7 Å². The van der Waals surface area contributed by atoms with Crippen molar-refractivity contribution in [3.8, 4) is 5.75 Å². The predicted molar refractivity (Wildman–Crippen MR) is 168 cm³/mol. The molecule has 0 saturated carbocycles. The normalized spacial score (nSPS) is 15.8. The van der Waals surface area contributed by atoms with Crippen LogP contribution in [0.25, 0.3) is 10.8 Å². The first-order valence-corrected chi connectivity index (χ1v) is 15.2. The number of anilines is 1. The van der Waals surface area contributed by atoms with Gasteiger partial charge in [0.2, 0.25) is 6.10 Å². The van der Waals surface area contributed by atoms with Crippen molar-refractivity contribution in [2.75, 3.05) is 31.6 Å². The summed E-state index contributed by atoms with van der Waals surface area (Å²) in [4.78, 5) is 58.4. The number of hydroxylamine groups is 2. The lowest BCUT2D eigenvalue weighted by Crippen LogP contribution is -2.53.